The minimum atomic E-state index is -0.163. The Balaban J connectivity index is 1.84. The van der Waals surface area contributed by atoms with Crippen LogP contribution in [0, 0.1) is 12.7 Å². The van der Waals surface area contributed by atoms with Gasteiger partial charge < -0.3 is 5.32 Å². The maximum absolute atomic E-state index is 13.0. The third-order valence-corrected chi connectivity index (χ3v) is 3.33. The van der Waals surface area contributed by atoms with E-state index in [4.69, 9.17) is 0 Å². The summed E-state index contributed by atoms with van der Waals surface area (Å²) in [5, 5.41) is 3.46. The molecule has 2 aromatic carbocycles. The highest BCUT2D eigenvalue weighted by Crippen LogP contribution is 2.13. The first-order chi connectivity index (χ1) is 9.15. The molecule has 0 aromatic heterocycles. The monoisotopic (exact) mass is 257 g/mol. The minimum Gasteiger partial charge on any atom is -0.310 e. The SMILES string of the molecule is Cc1ccc(C(C)NCCc2cccc(F)c2)cc1. The van der Waals surface area contributed by atoms with Gasteiger partial charge in [0, 0.05) is 6.04 Å². The number of nitrogens with one attached hydrogen (secondary N) is 1. The molecular formula is C17H20FN. The molecule has 0 saturated carbocycles. The van der Waals surface area contributed by atoms with Crippen molar-refractivity contribution in [3.05, 3.63) is 71.0 Å². The van der Waals surface area contributed by atoms with Gasteiger partial charge in [0.15, 0.2) is 0 Å². The van der Waals surface area contributed by atoms with Crippen molar-refractivity contribution in [2.24, 2.45) is 0 Å². The van der Waals surface area contributed by atoms with Crippen molar-refractivity contribution < 1.29 is 4.39 Å². The van der Waals surface area contributed by atoms with Crippen LogP contribution in [0.2, 0.25) is 0 Å². The lowest BCUT2D eigenvalue weighted by Gasteiger charge is -2.14. The first kappa shape index (κ1) is 13.8. The van der Waals surface area contributed by atoms with Gasteiger partial charge in [-0.05, 0) is 50.1 Å². The van der Waals surface area contributed by atoms with Crippen LogP contribution in [0.3, 0.4) is 0 Å². The van der Waals surface area contributed by atoms with E-state index >= 15 is 0 Å². The lowest BCUT2D eigenvalue weighted by Crippen LogP contribution is -2.21. The molecule has 1 N–H and O–H groups in total. The van der Waals surface area contributed by atoms with E-state index in [9.17, 15) is 4.39 Å². The van der Waals surface area contributed by atoms with E-state index < -0.39 is 0 Å². The zero-order chi connectivity index (χ0) is 13.7. The Hall–Kier alpha value is -1.67. The summed E-state index contributed by atoms with van der Waals surface area (Å²) in [5.41, 5.74) is 3.59. The third-order valence-electron chi connectivity index (χ3n) is 3.33. The van der Waals surface area contributed by atoms with E-state index in [1.165, 1.54) is 17.2 Å². The fourth-order valence-corrected chi connectivity index (χ4v) is 2.10. The van der Waals surface area contributed by atoms with Gasteiger partial charge in [-0.3, -0.25) is 0 Å². The molecule has 2 rings (SSSR count). The van der Waals surface area contributed by atoms with Gasteiger partial charge in [0.1, 0.15) is 5.82 Å². The van der Waals surface area contributed by atoms with Crippen LogP contribution in [0.1, 0.15) is 29.7 Å². The molecule has 0 fully saturated rings. The highest BCUT2D eigenvalue weighted by atomic mass is 19.1. The molecule has 0 bridgehead atoms. The van der Waals surface area contributed by atoms with E-state index in [0.29, 0.717) is 6.04 Å². The summed E-state index contributed by atoms with van der Waals surface area (Å²) in [6.45, 7) is 5.08. The van der Waals surface area contributed by atoms with Gasteiger partial charge in [-0.1, -0.05) is 42.0 Å². The van der Waals surface area contributed by atoms with Crippen LogP contribution in [-0.2, 0) is 6.42 Å². The predicted octanol–water partition coefficient (Wildman–Crippen LogP) is 4.03. The molecule has 1 unspecified atom stereocenters. The maximum atomic E-state index is 13.0. The van der Waals surface area contributed by atoms with Gasteiger partial charge in [0.25, 0.3) is 0 Å². The topological polar surface area (TPSA) is 12.0 Å². The molecule has 0 aliphatic heterocycles. The number of rotatable bonds is 5. The van der Waals surface area contributed by atoms with Crippen molar-refractivity contribution in [2.75, 3.05) is 6.54 Å². The Morgan fingerprint density at radius 1 is 1.11 bits per heavy atom. The van der Waals surface area contributed by atoms with Crippen molar-refractivity contribution >= 4 is 0 Å². The molecule has 0 aliphatic carbocycles. The molecule has 19 heavy (non-hydrogen) atoms. The van der Waals surface area contributed by atoms with Crippen LogP contribution in [0.25, 0.3) is 0 Å². The quantitative estimate of drug-likeness (QED) is 0.852. The fraction of sp³-hybridized carbons (Fsp3) is 0.294. The second-order valence-corrected chi connectivity index (χ2v) is 4.97. The molecule has 100 valence electrons. The number of hydrogen-bond acceptors (Lipinski definition) is 1. The van der Waals surface area contributed by atoms with E-state index in [0.717, 1.165) is 18.5 Å². The molecule has 0 saturated heterocycles. The number of benzene rings is 2. The largest absolute Gasteiger partial charge is 0.310 e. The smallest absolute Gasteiger partial charge is 0.123 e. The summed E-state index contributed by atoms with van der Waals surface area (Å²) >= 11 is 0. The highest BCUT2D eigenvalue weighted by Gasteiger charge is 2.04. The van der Waals surface area contributed by atoms with Gasteiger partial charge in [-0.2, -0.15) is 0 Å². The summed E-state index contributed by atoms with van der Waals surface area (Å²) in [6.07, 6.45) is 0.841. The highest BCUT2D eigenvalue weighted by molar-refractivity contribution is 5.23. The molecule has 0 amide bonds. The van der Waals surface area contributed by atoms with Crippen LogP contribution in [-0.4, -0.2) is 6.54 Å². The lowest BCUT2D eigenvalue weighted by atomic mass is 10.1. The second kappa shape index (κ2) is 6.48. The summed E-state index contributed by atoms with van der Waals surface area (Å²) in [7, 11) is 0. The maximum Gasteiger partial charge on any atom is 0.123 e. The Morgan fingerprint density at radius 2 is 1.84 bits per heavy atom. The van der Waals surface area contributed by atoms with Gasteiger partial charge in [-0.25, -0.2) is 4.39 Å². The molecule has 0 radical (unpaired) electrons. The van der Waals surface area contributed by atoms with Crippen molar-refractivity contribution in [3.8, 4) is 0 Å². The summed E-state index contributed by atoms with van der Waals surface area (Å²) in [6, 6.07) is 15.7. The fourth-order valence-electron chi connectivity index (χ4n) is 2.10. The Labute approximate surface area is 114 Å². The third kappa shape index (κ3) is 4.18. The van der Waals surface area contributed by atoms with Crippen LogP contribution in [0.15, 0.2) is 48.5 Å². The summed E-state index contributed by atoms with van der Waals surface area (Å²) < 4.78 is 13.0. The molecule has 2 heteroatoms. The minimum absolute atomic E-state index is 0.163. The normalized spacial score (nSPS) is 12.4. The lowest BCUT2D eigenvalue weighted by molar-refractivity contribution is 0.574. The number of halogens is 1. The van der Waals surface area contributed by atoms with Crippen LogP contribution >= 0.6 is 0 Å². The predicted molar refractivity (Wildman–Crippen MR) is 77.7 cm³/mol. The van der Waals surface area contributed by atoms with Crippen molar-refractivity contribution in [2.45, 2.75) is 26.3 Å². The molecule has 0 aliphatic rings. The van der Waals surface area contributed by atoms with Crippen molar-refractivity contribution in [1.82, 2.24) is 5.32 Å². The average molecular weight is 257 g/mol. The first-order valence-corrected chi connectivity index (χ1v) is 6.69. The van der Waals surface area contributed by atoms with Crippen LogP contribution < -0.4 is 5.32 Å². The van der Waals surface area contributed by atoms with Gasteiger partial charge >= 0.3 is 0 Å². The molecular weight excluding hydrogens is 237 g/mol. The van der Waals surface area contributed by atoms with E-state index in [2.05, 4.69) is 43.4 Å². The van der Waals surface area contributed by atoms with E-state index in [-0.39, 0.29) is 5.82 Å². The molecule has 1 atom stereocenters. The van der Waals surface area contributed by atoms with E-state index in [1.54, 1.807) is 12.1 Å². The second-order valence-electron chi connectivity index (χ2n) is 4.97. The Morgan fingerprint density at radius 3 is 2.53 bits per heavy atom. The zero-order valence-corrected chi connectivity index (χ0v) is 11.5. The van der Waals surface area contributed by atoms with Gasteiger partial charge in [0.05, 0.1) is 0 Å². The molecule has 0 spiro atoms. The van der Waals surface area contributed by atoms with Gasteiger partial charge in [-0.15, -0.1) is 0 Å². The van der Waals surface area contributed by atoms with Crippen LogP contribution in [0.4, 0.5) is 4.39 Å². The standard InChI is InChI=1S/C17H20FN/c1-13-6-8-16(9-7-13)14(2)19-11-10-15-4-3-5-17(18)12-15/h3-9,12,14,19H,10-11H2,1-2H3. The number of aryl methyl sites for hydroxylation is 1. The van der Waals surface area contributed by atoms with Crippen LogP contribution in [0.5, 0.6) is 0 Å². The zero-order valence-electron chi connectivity index (χ0n) is 11.5. The van der Waals surface area contributed by atoms with E-state index in [1.807, 2.05) is 6.07 Å². The summed E-state index contributed by atoms with van der Waals surface area (Å²) in [4.78, 5) is 0. The Kier molecular flexibility index (Phi) is 4.69. The summed E-state index contributed by atoms with van der Waals surface area (Å²) in [5.74, 6) is -0.163. The molecule has 0 heterocycles. The average Bonchev–Trinajstić information content (AvgIpc) is 2.39. The Bertz CT molecular complexity index is 519. The molecule has 1 nitrogen and oxygen atoms in total. The van der Waals surface area contributed by atoms with Crippen molar-refractivity contribution in [1.29, 1.82) is 0 Å². The molecule has 2 aromatic rings. The van der Waals surface area contributed by atoms with Gasteiger partial charge in [0.2, 0.25) is 0 Å². The number of hydrogen-bond donors (Lipinski definition) is 1. The first-order valence-electron chi connectivity index (χ1n) is 6.69. The van der Waals surface area contributed by atoms with Crippen molar-refractivity contribution in [3.63, 3.8) is 0 Å².